The average Bonchev–Trinajstić information content (AvgIpc) is 3.08. The monoisotopic (exact) mass is 266 g/mol. The number of hydrogen-bond donors (Lipinski definition) is 2. The van der Waals surface area contributed by atoms with E-state index >= 15 is 0 Å². The number of amides is 2. The van der Waals surface area contributed by atoms with Gasteiger partial charge in [0.1, 0.15) is 6.04 Å². The third-order valence-electron chi connectivity index (χ3n) is 3.01. The van der Waals surface area contributed by atoms with Crippen LogP contribution in [0.2, 0.25) is 0 Å². The smallest absolute Gasteiger partial charge is 0.287 e. The lowest BCUT2D eigenvalue weighted by Gasteiger charge is -2.15. The van der Waals surface area contributed by atoms with E-state index in [4.69, 9.17) is 9.15 Å². The average molecular weight is 266 g/mol. The van der Waals surface area contributed by atoms with Crippen molar-refractivity contribution in [1.82, 2.24) is 10.6 Å². The highest BCUT2D eigenvalue weighted by Crippen LogP contribution is 2.10. The summed E-state index contributed by atoms with van der Waals surface area (Å²) in [6.45, 7) is 2.87. The number of nitrogens with one attached hydrogen (secondary N) is 2. The molecule has 0 saturated carbocycles. The highest BCUT2D eigenvalue weighted by Gasteiger charge is 2.20. The molecule has 0 unspecified atom stereocenters. The van der Waals surface area contributed by atoms with Gasteiger partial charge in [-0.3, -0.25) is 9.59 Å². The maximum atomic E-state index is 11.8. The number of ether oxygens (including phenoxy) is 1. The number of carbonyl (C=O) groups is 2. The third-order valence-corrected chi connectivity index (χ3v) is 3.01. The minimum absolute atomic E-state index is 0.0944. The number of rotatable bonds is 5. The third kappa shape index (κ3) is 3.82. The Labute approximate surface area is 111 Å². The van der Waals surface area contributed by atoms with Gasteiger partial charge in [-0.1, -0.05) is 0 Å². The zero-order valence-electron chi connectivity index (χ0n) is 10.8. The van der Waals surface area contributed by atoms with E-state index in [1.54, 1.807) is 19.1 Å². The first-order chi connectivity index (χ1) is 9.16. The number of hydrogen-bond acceptors (Lipinski definition) is 4. The molecule has 2 amide bonds. The molecule has 0 spiro atoms. The van der Waals surface area contributed by atoms with Gasteiger partial charge in [0.25, 0.3) is 5.91 Å². The van der Waals surface area contributed by atoms with Crippen LogP contribution < -0.4 is 10.6 Å². The van der Waals surface area contributed by atoms with Crippen molar-refractivity contribution < 1.29 is 18.7 Å². The topological polar surface area (TPSA) is 80.6 Å². The Kier molecular flexibility index (Phi) is 4.57. The van der Waals surface area contributed by atoms with Crippen molar-refractivity contribution in [2.24, 2.45) is 0 Å². The molecule has 0 aromatic carbocycles. The van der Waals surface area contributed by atoms with E-state index in [2.05, 4.69) is 10.6 Å². The summed E-state index contributed by atoms with van der Waals surface area (Å²) in [5.41, 5.74) is 0. The lowest BCUT2D eigenvalue weighted by atomic mass is 10.2. The molecule has 2 atom stereocenters. The zero-order valence-corrected chi connectivity index (χ0v) is 10.8. The van der Waals surface area contributed by atoms with Crippen molar-refractivity contribution in [2.45, 2.75) is 31.9 Å². The van der Waals surface area contributed by atoms with Gasteiger partial charge >= 0.3 is 0 Å². The van der Waals surface area contributed by atoms with Crippen LogP contribution in [0.25, 0.3) is 0 Å². The maximum Gasteiger partial charge on any atom is 0.287 e. The summed E-state index contributed by atoms with van der Waals surface area (Å²) >= 11 is 0. The Balaban J connectivity index is 1.74. The van der Waals surface area contributed by atoms with Crippen molar-refractivity contribution in [3.05, 3.63) is 24.2 Å². The summed E-state index contributed by atoms with van der Waals surface area (Å²) in [5.74, 6) is -0.432. The van der Waals surface area contributed by atoms with Gasteiger partial charge in [0.05, 0.1) is 12.4 Å². The van der Waals surface area contributed by atoms with Crippen LogP contribution in [0.1, 0.15) is 30.3 Å². The first-order valence-electron chi connectivity index (χ1n) is 6.40. The molecule has 19 heavy (non-hydrogen) atoms. The Hall–Kier alpha value is -1.82. The Morgan fingerprint density at radius 1 is 1.53 bits per heavy atom. The lowest BCUT2D eigenvalue weighted by Crippen LogP contribution is -2.46. The highest BCUT2D eigenvalue weighted by atomic mass is 16.5. The molecule has 2 rings (SSSR count). The molecule has 0 radical (unpaired) electrons. The Morgan fingerprint density at radius 2 is 2.37 bits per heavy atom. The second-order valence-corrected chi connectivity index (χ2v) is 4.55. The molecule has 1 aliphatic rings. The highest BCUT2D eigenvalue weighted by molar-refractivity contribution is 5.95. The van der Waals surface area contributed by atoms with Gasteiger partial charge in [0, 0.05) is 13.2 Å². The SMILES string of the molecule is C[C@H](NC(=O)c1ccco1)C(=O)NC[C@H]1CCCO1. The van der Waals surface area contributed by atoms with Crippen LogP contribution >= 0.6 is 0 Å². The summed E-state index contributed by atoms with van der Waals surface area (Å²) in [7, 11) is 0. The second kappa shape index (κ2) is 6.38. The minimum Gasteiger partial charge on any atom is -0.459 e. The van der Waals surface area contributed by atoms with E-state index in [1.807, 2.05) is 0 Å². The summed E-state index contributed by atoms with van der Waals surface area (Å²) in [6, 6.07) is 2.56. The van der Waals surface area contributed by atoms with Gasteiger partial charge in [0.2, 0.25) is 5.91 Å². The van der Waals surface area contributed by atoms with Crippen LogP contribution in [0.4, 0.5) is 0 Å². The minimum atomic E-state index is -0.612. The van der Waals surface area contributed by atoms with Gasteiger partial charge in [-0.25, -0.2) is 0 Å². The van der Waals surface area contributed by atoms with Crippen LogP contribution in [0.5, 0.6) is 0 Å². The van der Waals surface area contributed by atoms with Crippen LogP contribution in [0.15, 0.2) is 22.8 Å². The van der Waals surface area contributed by atoms with E-state index in [9.17, 15) is 9.59 Å². The van der Waals surface area contributed by atoms with Crippen LogP contribution in [-0.4, -0.2) is 37.1 Å². The maximum absolute atomic E-state index is 11.8. The molecule has 6 heteroatoms. The number of carbonyl (C=O) groups excluding carboxylic acids is 2. The van der Waals surface area contributed by atoms with Gasteiger partial charge < -0.3 is 19.8 Å². The molecular formula is C13H18N2O4. The van der Waals surface area contributed by atoms with Crippen LogP contribution in [-0.2, 0) is 9.53 Å². The first kappa shape index (κ1) is 13.6. The Bertz CT molecular complexity index is 424. The molecule has 0 bridgehead atoms. The van der Waals surface area contributed by atoms with E-state index in [0.717, 1.165) is 19.4 Å². The van der Waals surface area contributed by atoms with Crippen molar-refractivity contribution in [3.8, 4) is 0 Å². The fourth-order valence-electron chi connectivity index (χ4n) is 1.91. The Morgan fingerprint density at radius 3 is 3.00 bits per heavy atom. The molecule has 0 aliphatic carbocycles. The first-order valence-corrected chi connectivity index (χ1v) is 6.40. The molecule has 1 aromatic heterocycles. The molecular weight excluding hydrogens is 248 g/mol. The van der Waals surface area contributed by atoms with Crippen molar-refractivity contribution in [2.75, 3.05) is 13.2 Å². The molecule has 1 aliphatic heterocycles. The molecule has 6 nitrogen and oxygen atoms in total. The molecule has 1 saturated heterocycles. The molecule has 1 aromatic rings. The standard InChI is InChI=1S/C13H18N2O4/c1-9(15-13(17)11-5-3-7-19-11)12(16)14-8-10-4-2-6-18-10/h3,5,7,9-10H,2,4,6,8H2,1H3,(H,14,16)(H,15,17)/t9-,10+/m0/s1. The largest absolute Gasteiger partial charge is 0.459 e. The van der Waals surface area contributed by atoms with E-state index in [0.29, 0.717) is 6.54 Å². The summed E-state index contributed by atoms with van der Waals surface area (Å²) in [6.07, 6.45) is 3.51. The van der Waals surface area contributed by atoms with E-state index in [1.165, 1.54) is 6.26 Å². The van der Waals surface area contributed by atoms with Crippen molar-refractivity contribution in [1.29, 1.82) is 0 Å². The van der Waals surface area contributed by atoms with E-state index in [-0.39, 0.29) is 17.8 Å². The summed E-state index contributed by atoms with van der Waals surface area (Å²) in [4.78, 5) is 23.5. The van der Waals surface area contributed by atoms with Crippen LogP contribution in [0.3, 0.4) is 0 Å². The quantitative estimate of drug-likeness (QED) is 0.821. The van der Waals surface area contributed by atoms with Gasteiger partial charge in [-0.2, -0.15) is 0 Å². The second-order valence-electron chi connectivity index (χ2n) is 4.55. The predicted octanol–water partition coefficient (Wildman–Crippen LogP) is 0.693. The summed E-state index contributed by atoms with van der Waals surface area (Å²) < 4.78 is 10.4. The molecule has 2 N–H and O–H groups in total. The summed E-state index contributed by atoms with van der Waals surface area (Å²) in [5, 5.41) is 5.34. The van der Waals surface area contributed by atoms with Crippen molar-refractivity contribution in [3.63, 3.8) is 0 Å². The van der Waals surface area contributed by atoms with Crippen LogP contribution in [0, 0.1) is 0 Å². The predicted molar refractivity (Wildman–Crippen MR) is 67.6 cm³/mol. The number of furan rings is 1. The van der Waals surface area contributed by atoms with Gasteiger partial charge in [-0.15, -0.1) is 0 Å². The zero-order chi connectivity index (χ0) is 13.7. The lowest BCUT2D eigenvalue weighted by molar-refractivity contribution is -0.123. The molecule has 1 fully saturated rings. The fourth-order valence-corrected chi connectivity index (χ4v) is 1.91. The normalized spacial score (nSPS) is 19.9. The van der Waals surface area contributed by atoms with E-state index < -0.39 is 11.9 Å². The van der Waals surface area contributed by atoms with Crippen molar-refractivity contribution >= 4 is 11.8 Å². The molecule has 104 valence electrons. The fraction of sp³-hybridized carbons (Fsp3) is 0.538. The van der Waals surface area contributed by atoms with Gasteiger partial charge in [-0.05, 0) is 31.9 Å². The molecule has 2 heterocycles. The van der Waals surface area contributed by atoms with Gasteiger partial charge in [0.15, 0.2) is 5.76 Å².